The largest absolute Gasteiger partial charge is 0.325 e. The maximum atomic E-state index is 13.2. The third-order valence-corrected chi connectivity index (χ3v) is 5.12. The van der Waals surface area contributed by atoms with Gasteiger partial charge in [-0.3, -0.25) is 4.79 Å². The fraction of sp³-hybridized carbons (Fsp3) is 0.238. The lowest BCUT2D eigenvalue weighted by atomic mass is 9.78. The van der Waals surface area contributed by atoms with Crippen LogP contribution in [0, 0.1) is 0 Å². The first-order chi connectivity index (χ1) is 12.3. The van der Waals surface area contributed by atoms with E-state index in [9.17, 15) is 4.79 Å². The fourth-order valence-corrected chi connectivity index (χ4v) is 3.79. The monoisotopic (exact) mass is 331 g/mol. The van der Waals surface area contributed by atoms with Crippen LogP contribution in [-0.4, -0.2) is 15.5 Å². The first-order valence-corrected chi connectivity index (χ1v) is 8.73. The number of hydrogen-bond donors (Lipinski definition) is 1. The average molecular weight is 331 g/mol. The van der Waals surface area contributed by atoms with Gasteiger partial charge in [-0.25, -0.2) is 4.98 Å². The van der Waals surface area contributed by atoms with Crippen LogP contribution < -0.4 is 5.32 Å². The van der Waals surface area contributed by atoms with Crippen molar-refractivity contribution in [3.05, 3.63) is 78.9 Å². The van der Waals surface area contributed by atoms with E-state index in [1.165, 1.54) is 0 Å². The molecule has 4 heteroatoms. The number of nitrogens with zero attached hydrogens (tertiary/aromatic N) is 2. The van der Waals surface area contributed by atoms with Crippen LogP contribution in [0.5, 0.6) is 0 Å². The molecule has 126 valence electrons. The molecule has 1 aromatic heterocycles. The summed E-state index contributed by atoms with van der Waals surface area (Å²) in [7, 11) is 0. The van der Waals surface area contributed by atoms with E-state index < -0.39 is 5.41 Å². The normalized spacial score (nSPS) is 15.8. The molecule has 3 aromatic rings. The van der Waals surface area contributed by atoms with Crippen LogP contribution in [0.3, 0.4) is 0 Å². The molecule has 25 heavy (non-hydrogen) atoms. The number of benzene rings is 2. The minimum Gasteiger partial charge on any atom is -0.325 e. The standard InChI is InChI=1S/C21H21N3O/c25-20(21(11-4-5-12-21)17-7-2-1-3-8-17)23-18-9-6-10-19(15-18)24-14-13-22-16-24/h1-3,6-10,13-16H,4-5,11-12H2,(H,23,25). The second-order valence-corrected chi connectivity index (χ2v) is 6.63. The van der Waals surface area contributed by atoms with E-state index in [-0.39, 0.29) is 5.91 Å². The molecule has 0 aliphatic heterocycles. The Bertz CT molecular complexity index is 850. The van der Waals surface area contributed by atoms with E-state index in [4.69, 9.17) is 0 Å². The second-order valence-electron chi connectivity index (χ2n) is 6.63. The number of rotatable bonds is 4. The Morgan fingerprint density at radius 3 is 2.56 bits per heavy atom. The third kappa shape index (κ3) is 2.95. The summed E-state index contributed by atoms with van der Waals surface area (Å²) in [5.74, 6) is 0.0963. The quantitative estimate of drug-likeness (QED) is 0.774. The summed E-state index contributed by atoms with van der Waals surface area (Å²) in [4.78, 5) is 17.3. The Hall–Kier alpha value is -2.88. The Morgan fingerprint density at radius 2 is 1.84 bits per heavy atom. The van der Waals surface area contributed by atoms with Crippen LogP contribution in [-0.2, 0) is 10.2 Å². The summed E-state index contributed by atoms with van der Waals surface area (Å²) in [6.07, 6.45) is 9.39. The molecule has 1 aliphatic rings. The van der Waals surface area contributed by atoms with Gasteiger partial charge in [0.05, 0.1) is 11.7 Å². The third-order valence-electron chi connectivity index (χ3n) is 5.12. The zero-order chi connectivity index (χ0) is 17.1. The molecule has 1 aliphatic carbocycles. The molecule has 1 amide bonds. The molecule has 2 aromatic carbocycles. The van der Waals surface area contributed by atoms with Crippen LogP contribution in [0.4, 0.5) is 5.69 Å². The van der Waals surface area contributed by atoms with Crippen molar-refractivity contribution >= 4 is 11.6 Å². The molecular weight excluding hydrogens is 310 g/mol. The topological polar surface area (TPSA) is 46.9 Å². The molecule has 0 saturated heterocycles. The minimum atomic E-state index is -0.410. The van der Waals surface area contributed by atoms with Gasteiger partial charge in [0.15, 0.2) is 0 Å². The number of imidazole rings is 1. The van der Waals surface area contributed by atoms with Gasteiger partial charge in [0.1, 0.15) is 0 Å². The number of hydrogen-bond acceptors (Lipinski definition) is 2. The highest BCUT2D eigenvalue weighted by Crippen LogP contribution is 2.42. The summed E-state index contributed by atoms with van der Waals surface area (Å²) in [6.45, 7) is 0. The van der Waals surface area contributed by atoms with E-state index in [1.807, 2.05) is 53.2 Å². The Kier molecular flexibility index (Phi) is 4.10. The predicted molar refractivity (Wildman–Crippen MR) is 98.8 cm³/mol. The van der Waals surface area contributed by atoms with Crippen molar-refractivity contribution in [1.82, 2.24) is 9.55 Å². The molecule has 0 radical (unpaired) electrons. The number of nitrogens with one attached hydrogen (secondary N) is 1. The molecule has 4 rings (SSSR count). The highest BCUT2D eigenvalue weighted by Gasteiger charge is 2.42. The van der Waals surface area contributed by atoms with Crippen LogP contribution in [0.15, 0.2) is 73.3 Å². The lowest BCUT2D eigenvalue weighted by Gasteiger charge is -2.28. The minimum absolute atomic E-state index is 0.0963. The maximum absolute atomic E-state index is 13.2. The molecule has 0 bridgehead atoms. The molecule has 4 nitrogen and oxygen atoms in total. The SMILES string of the molecule is O=C(Nc1cccc(-n2ccnc2)c1)C1(c2ccccc2)CCCC1. The van der Waals surface area contributed by atoms with Crippen LogP contribution in [0.2, 0.25) is 0 Å². The van der Waals surface area contributed by atoms with Crippen molar-refractivity contribution in [2.24, 2.45) is 0 Å². The number of carbonyl (C=O) groups is 1. The van der Waals surface area contributed by atoms with Crippen molar-refractivity contribution in [2.45, 2.75) is 31.1 Å². The summed E-state index contributed by atoms with van der Waals surface area (Å²) in [5, 5.41) is 3.15. The Labute approximate surface area is 147 Å². The average Bonchev–Trinajstić information content (AvgIpc) is 3.35. The van der Waals surface area contributed by atoms with Gasteiger partial charge in [-0.15, -0.1) is 0 Å². The van der Waals surface area contributed by atoms with Gasteiger partial charge in [0.25, 0.3) is 0 Å². The molecule has 0 spiro atoms. The molecule has 1 heterocycles. The molecule has 1 saturated carbocycles. The van der Waals surface area contributed by atoms with Crippen molar-refractivity contribution < 1.29 is 4.79 Å². The van der Waals surface area contributed by atoms with Crippen LogP contribution in [0.25, 0.3) is 5.69 Å². The van der Waals surface area contributed by atoms with E-state index in [0.29, 0.717) is 0 Å². The van der Waals surface area contributed by atoms with E-state index in [1.54, 1.807) is 12.5 Å². The number of aromatic nitrogens is 2. The van der Waals surface area contributed by atoms with E-state index >= 15 is 0 Å². The molecule has 1 N–H and O–H groups in total. The lowest BCUT2D eigenvalue weighted by Crippen LogP contribution is -2.37. The lowest BCUT2D eigenvalue weighted by molar-refractivity contribution is -0.121. The van der Waals surface area contributed by atoms with Gasteiger partial charge in [0, 0.05) is 23.8 Å². The number of carbonyl (C=O) groups excluding carboxylic acids is 1. The smallest absolute Gasteiger partial charge is 0.235 e. The van der Waals surface area contributed by atoms with Gasteiger partial charge in [-0.1, -0.05) is 49.2 Å². The molecule has 0 unspecified atom stereocenters. The number of amides is 1. The summed E-state index contributed by atoms with van der Waals surface area (Å²) >= 11 is 0. The van der Waals surface area contributed by atoms with Crippen LogP contribution >= 0.6 is 0 Å². The highest BCUT2D eigenvalue weighted by atomic mass is 16.2. The molecule has 1 fully saturated rings. The zero-order valence-electron chi connectivity index (χ0n) is 14.1. The van der Waals surface area contributed by atoms with Gasteiger partial charge < -0.3 is 9.88 Å². The van der Waals surface area contributed by atoms with E-state index in [2.05, 4.69) is 22.4 Å². The molecular formula is C21H21N3O. The van der Waals surface area contributed by atoms with Crippen molar-refractivity contribution in [3.63, 3.8) is 0 Å². The van der Waals surface area contributed by atoms with Gasteiger partial charge in [0.2, 0.25) is 5.91 Å². The highest BCUT2D eigenvalue weighted by molar-refractivity contribution is 5.99. The molecule has 0 atom stereocenters. The summed E-state index contributed by atoms with van der Waals surface area (Å²) in [6, 6.07) is 18.1. The van der Waals surface area contributed by atoms with E-state index in [0.717, 1.165) is 42.6 Å². The van der Waals surface area contributed by atoms with Crippen molar-refractivity contribution in [2.75, 3.05) is 5.32 Å². The second kappa shape index (κ2) is 6.55. The Balaban J connectivity index is 1.62. The summed E-state index contributed by atoms with van der Waals surface area (Å²) in [5.41, 5.74) is 2.51. The first kappa shape index (κ1) is 15.6. The summed E-state index contributed by atoms with van der Waals surface area (Å²) < 4.78 is 1.93. The first-order valence-electron chi connectivity index (χ1n) is 8.73. The fourth-order valence-electron chi connectivity index (χ4n) is 3.79. The predicted octanol–water partition coefficient (Wildman–Crippen LogP) is 4.32. The zero-order valence-corrected chi connectivity index (χ0v) is 14.1. The van der Waals surface area contributed by atoms with Gasteiger partial charge in [-0.05, 0) is 36.6 Å². The number of anilines is 1. The van der Waals surface area contributed by atoms with Crippen molar-refractivity contribution in [3.8, 4) is 5.69 Å². The van der Waals surface area contributed by atoms with Crippen LogP contribution in [0.1, 0.15) is 31.2 Å². The Morgan fingerprint density at radius 1 is 1.04 bits per heavy atom. The van der Waals surface area contributed by atoms with Gasteiger partial charge in [-0.2, -0.15) is 0 Å². The maximum Gasteiger partial charge on any atom is 0.235 e. The van der Waals surface area contributed by atoms with Gasteiger partial charge >= 0.3 is 0 Å². The van der Waals surface area contributed by atoms with Crippen molar-refractivity contribution in [1.29, 1.82) is 0 Å².